The van der Waals surface area contributed by atoms with Gasteiger partial charge in [-0.15, -0.1) is 0 Å². The van der Waals surface area contributed by atoms with Crippen LogP contribution in [0.2, 0.25) is 0 Å². The molecule has 2 fully saturated rings. The fourth-order valence-electron chi connectivity index (χ4n) is 2.88. The molecule has 1 aliphatic heterocycles. The van der Waals surface area contributed by atoms with Gasteiger partial charge in [0.15, 0.2) is 0 Å². The van der Waals surface area contributed by atoms with E-state index < -0.39 is 36.1 Å². The summed E-state index contributed by atoms with van der Waals surface area (Å²) in [5, 5.41) is 2.67. The molecule has 0 aromatic carbocycles. The number of nitrogens with one attached hydrogen (secondary N) is 1. The Hall–Kier alpha value is -1.27. The van der Waals surface area contributed by atoms with Crippen molar-refractivity contribution in [1.82, 2.24) is 10.2 Å². The lowest BCUT2D eigenvalue weighted by Gasteiger charge is -2.45. The summed E-state index contributed by atoms with van der Waals surface area (Å²) < 4.78 is 38.2. The van der Waals surface area contributed by atoms with Crippen molar-refractivity contribution in [2.24, 2.45) is 5.92 Å². The molecule has 1 N–H and O–H groups in total. The molecule has 1 atom stereocenters. The van der Waals surface area contributed by atoms with Crippen molar-refractivity contribution in [3.8, 4) is 0 Å². The maximum atomic E-state index is 12.7. The Morgan fingerprint density at radius 1 is 1.25 bits per heavy atom. The first-order chi connectivity index (χ1) is 9.24. The molecule has 1 saturated heterocycles. The van der Waals surface area contributed by atoms with Crippen molar-refractivity contribution in [3.05, 3.63) is 0 Å². The van der Waals surface area contributed by atoms with E-state index in [2.05, 4.69) is 5.32 Å². The largest absolute Gasteiger partial charge is 0.406 e. The summed E-state index contributed by atoms with van der Waals surface area (Å²) in [5.41, 5.74) is -1.19. The third-order valence-electron chi connectivity index (χ3n) is 4.26. The zero-order valence-corrected chi connectivity index (χ0v) is 11.6. The lowest BCUT2D eigenvalue weighted by molar-refractivity contribution is -0.179. The smallest absolute Gasteiger partial charge is 0.340 e. The molecule has 2 amide bonds. The molecule has 4 nitrogen and oxygen atoms in total. The third-order valence-corrected chi connectivity index (χ3v) is 4.26. The van der Waals surface area contributed by atoms with Crippen LogP contribution in [0.1, 0.15) is 39.5 Å². The molecule has 2 aliphatic rings. The number of carbonyl (C=O) groups is 2. The molecule has 0 aromatic heterocycles. The molecule has 1 unspecified atom stereocenters. The van der Waals surface area contributed by atoms with Crippen molar-refractivity contribution in [2.45, 2.75) is 57.3 Å². The van der Waals surface area contributed by atoms with Crippen LogP contribution < -0.4 is 5.32 Å². The van der Waals surface area contributed by atoms with Gasteiger partial charge < -0.3 is 10.2 Å². The molecule has 0 radical (unpaired) electrons. The van der Waals surface area contributed by atoms with Gasteiger partial charge in [0.2, 0.25) is 11.8 Å². The zero-order chi connectivity index (χ0) is 15.1. The Morgan fingerprint density at radius 3 is 2.20 bits per heavy atom. The van der Waals surface area contributed by atoms with Gasteiger partial charge in [-0.3, -0.25) is 9.59 Å². The van der Waals surface area contributed by atoms with Crippen LogP contribution in [-0.2, 0) is 9.59 Å². The normalized spacial score (nSPS) is 26.6. The van der Waals surface area contributed by atoms with Gasteiger partial charge in [-0.1, -0.05) is 13.8 Å². The minimum atomic E-state index is -4.49. The van der Waals surface area contributed by atoms with E-state index in [1.54, 1.807) is 13.8 Å². The van der Waals surface area contributed by atoms with Crippen LogP contribution >= 0.6 is 0 Å². The van der Waals surface area contributed by atoms with Crippen LogP contribution in [0.25, 0.3) is 0 Å². The summed E-state index contributed by atoms with van der Waals surface area (Å²) in [7, 11) is 0. The number of alkyl halides is 3. The monoisotopic (exact) mass is 292 g/mol. The number of piperazine rings is 1. The Morgan fingerprint density at radius 2 is 1.80 bits per heavy atom. The van der Waals surface area contributed by atoms with Crippen molar-refractivity contribution >= 4 is 11.8 Å². The van der Waals surface area contributed by atoms with Crippen molar-refractivity contribution in [2.75, 3.05) is 6.54 Å². The van der Waals surface area contributed by atoms with E-state index in [1.165, 1.54) is 0 Å². The number of rotatable bonds is 4. The van der Waals surface area contributed by atoms with Crippen LogP contribution in [0.3, 0.4) is 0 Å². The highest BCUT2D eigenvalue weighted by molar-refractivity contribution is 6.00. The molecule has 1 heterocycles. The Bertz CT molecular complexity index is 414. The Kier molecular flexibility index (Phi) is 3.73. The van der Waals surface area contributed by atoms with Crippen molar-refractivity contribution < 1.29 is 22.8 Å². The summed E-state index contributed by atoms with van der Waals surface area (Å²) in [5.74, 6) is -1.18. The van der Waals surface area contributed by atoms with Gasteiger partial charge in [0, 0.05) is 0 Å². The molecule has 1 saturated carbocycles. The molecule has 1 aliphatic carbocycles. The van der Waals surface area contributed by atoms with Gasteiger partial charge in [-0.05, 0) is 31.6 Å². The summed E-state index contributed by atoms with van der Waals surface area (Å²) in [4.78, 5) is 25.4. The van der Waals surface area contributed by atoms with Crippen LogP contribution in [0.15, 0.2) is 0 Å². The molecule has 0 aromatic rings. The minimum Gasteiger partial charge on any atom is -0.340 e. The van der Waals surface area contributed by atoms with Gasteiger partial charge in [-0.25, -0.2) is 0 Å². The van der Waals surface area contributed by atoms with Crippen molar-refractivity contribution in [1.29, 1.82) is 0 Å². The first-order valence-corrected chi connectivity index (χ1v) is 6.94. The first kappa shape index (κ1) is 15.1. The highest BCUT2D eigenvalue weighted by Gasteiger charge is 2.55. The fraction of sp³-hybridized carbons (Fsp3) is 0.846. The van der Waals surface area contributed by atoms with E-state index in [-0.39, 0.29) is 5.92 Å². The third kappa shape index (κ3) is 2.62. The number of hydrogen-bond acceptors (Lipinski definition) is 2. The van der Waals surface area contributed by atoms with Gasteiger partial charge in [-0.2, -0.15) is 13.2 Å². The number of hydrogen-bond donors (Lipinski definition) is 1. The van der Waals surface area contributed by atoms with E-state index in [0.29, 0.717) is 25.7 Å². The second-order valence-electron chi connectivity index (χ2n) is 5.61. The summed E-state index contributed by atoms with van der Waals surface area (Å²) in [6.45, 7) is 2.05. The van der Waals surface area contributed by atoms with Crippen LogP contribution in [0, 0.1) is 5.92 Å². The lowest BCUT2D eigenvalue weighted by Crippen LogP contribution is -2.71. The Labute approximate surface area is 115 Å². The SMILES string of the molecule is CCC1(CC)NC(=O)C(C2CC2)N(CC(F)(F)F)C1=O. The number of carbonyl (C=O) groups excluding carboxylic acids is 2. The molecule has 114 valence electrons. The standard InChI is InChI=1S/C13H19F3N2O2/c1-3-12(4-2)11(20)18(7-13(14,15)16)9(8-5-6-8)10(19)17-12/h8-9H,3-7H2,1-2H3,(H,17,19). The molecular weight excluding hydrogens is 273 g/mol. The van der Waals surface area contributed by atoms with E-state index >= 15 is 0 Å². The van der Waals surface area contributed by atoms with Gasteiger partial charge in [0.1, 0.15) is 18.1 Å². The lowest BCUT2D eigenvalue weighted by atomic mass is 9.86. The number of amides is 2. The number of nitrogens with zero attached hydrogens (tertiary/aromatic N) is 1. The predicted octanol–water partition coefficient (Wildman–Crippen LogP) is 1.84. The molecule has 0 bridgehead atoms. The summed E-state index contributed by atoms with van der Waals surface area (Å²) in [6, 6.07) is -0.963. The first-order valence-electron chi connectivity index (χ1n) is 6.94. The molecule has 7 heteroatoms. The predicted molar refractivity (Wildman–Crippen MR) is 65.7 cm³/mol. The maximum absolute atomic E-state index is 12.7. The van der Waals surface area contributed by atoms with E-state index in [0.717, 1.165) is 4.90 Å². The van der Waals surface area contributed by atoms with E-state index in [4.69, 9.17) is 0 Å². The summed E-state index contributed by atoms with van der Waals surface area (Å²) in [6.07, 6.45) is -2.51. The average molecular weight is 292 g/mol. The topological polar surface area (TPSA) is 49.4 Å². The van der Waals surface area contributed by atoms with Crippen LogP contribution in [-0.4, -0.2) is 41.0 Å². The Balaban J connectivity index is 2.33. The fourth-order valence-corrected chi connectivity index (χ4v) is 2.88. The van der Waals surface area contributed by atoms with E-state index in [9.17, 15) is 22.8 Å². The van der Waals surface area contributed by atoms with E-state index in [1.807, 2.05) is 0 Å². The number of halogens is 3. The van der Waals surface area contributed by atoms with Crippen LogP contribution in [0.5, 0.6) is 0 Å². The molecular formula is C13H19F3N2O2. The average Bonchev–Trinajstić information content (AvgIpc) is 3.16. The van der Waals surface area contributed by atoms with Gasteiger partial charge in [0.05, 0.1) is 0 Å². The molecule has 0 spiro atoms. The maximum Gasteiger partial charge on any atom is 0.406 e. The minimum absolute atomic E-state index is 0.131. The van der Waals surface area contributed by atoms with Gasteiger partial charge >= 0.3 is 6.18 Å². The second kappa shape index (κ2) is 4.93. The highest BCUT2D eigenvalue weighted by Crippen LogP contribution is 2.40. The quantitative estimate of drug-likeness (QED) is 0.859. The van der Waals surface area contributed by atoms with Crippen LogP contribution in [0.4, 0.5) is 13.2 Å². The van der Waals surface area contributed by atoms with Crippen molar-refractivity contribution in [3.63, 3.8) is 0 Å². The second-order valence-corrected chi connectivity index (χ2v) is 5.61. The van der Waals surface area contributed by atoms with Gasteiger partial charge in [0.25, 0.3) is 0 Å². The summed E-state index contributed by atoms with van der Waals surface area (Å²) >= 11 is 0. The molecule has 2 rings (SSSR count). The highest BCUT2D eigenvalue weighted by atomic mass is 19.4. The zero-order valence-electron chi connectivity index (χ0n) is 11.6. The molecule has 20 heavy (non-hydrogen) atoms.